The molecule has 0 atom stereocenters. The molecule has 0 bridgehead atoms. The normalized spacial score (nSPS) is 10.9. The van der Waals surface area contributed by atoms with Crippen molar-refractivity contribution in [3.8, 4) is 11.1 Å². The van der Waals surface area contributed by atoms with Crippen LogP contribution in [0.25, 0.3) is 21.2 Å². The predicted molar refractivity (Wildman–Crippen MR) is 88.4 cm³/mol. The summed E-state index contributed by atoms with van der Waals surface area (Å²) in [4.78, 5) is 24.9. The Kier molecular flexibility index (Phi) is 4.00. The van der Waals surface area contributed by atoms with Gasteiger partial charge in [0.25, 0.3) is 5.56 Å². The lowest BCUT2D eigenvalue weighted by atomic mass is 10.00. The minimum Gasteiger partial charge on any atom is -0.461 e. The molecule has 4 nitrogen and oxygen atoms in total. The molecule has 2 heterocycles. The van der Waals surface area contributed by atoms with Crippen LogP contribution in [0.15, 0.2) is 40.5 Å². The van der Waals surface area contributed by atoms with Gasteiger partial charge in [-0.3, -0.25) is 4.79 Å². The monoisotopic (exact) mass is 331 g/mol. The summed E-state index contributed by atoms with van der Waals surface area (Å²) in [6, 6.07) is 7.63. The highest BCUT2D eigenvalue weighted by Gasteiger charge is 2.23. The largest absolute Gasteiger partial charge is 0.461 e. The van der Waals surface area contributed by atoms with Crippen LogP contribution in [0.1, 0.15) is 17.4 Å². The Bertz CT molecular complexity index is 941. The van der Waals surface area contributed by atoms with E-state index in [1.165, 1.54) is 28.0 Å². The zero-order valence-electron chi connectivity index (χ0n) is 12.6. The number of hydrogen-bond donors (Lipinski definition) is 0. The summed E-state index contributed by atoms with van der Waals surface area (Å²) in [6.45, 7) is 1.91. The van der Waals surface area contributed by atoms with Gasteiger partial charge in [-0.1, -0.05) is 12.1 Å². The summed E-state index contributed by atoms with van der Waals surface area (Å²) in [7, 11) is 1.54. The number of fused-ring (bicyclic) bond motifs is 1. The van der Waals surface area contributed by atoms with Crippen molar-refractivity contribution in [1.82, 2.24) is 4.57 Å². The molecule has 0 aliphatic heterocycles. The summed E-state index contributed by atoms with van der Waals surface area (Å²) < 4.78 is 20.2. The molecule has 0 unspecified atom stereocenters. The van der Waals surface area contributed by atoms with Gasteiger partial charge in [0.2, 0.25) is 0 Å². The fourth-order valence-electron chi connectivity index (χ4n) is 2.57. The molecule has 118 valence electrons. The van der Waals surface area contributed by atoms with E-state index in [1.807, 2.05) is 0 Å². The van der Waals surface area contributed by atoms with Crippen LogP contribution in [0.5, 0.6) is 0 Å². The number of halogens is 1. The third-order valence-electron chi connectivity index (χ3n) is 3.61. The number of pyridine rings is 1. The van der Waals surface area contributed by atoms with Crippen molar-refractivity contribution in [3.63, 3.8) is 0 Å². The van der Waals surface area contributed by atoms with Crippen molar-refractivity contribution in [2.24, 2.45) is 7.05 Å². The molecular weight excluding hydrogens is 317 g/mol. The van der Waals surface area contributed by atoms with Gasteiger partial charge in [-0.15, -0.1) is 11.3 Å². The van der Waals surface area contributed by atoms with Gasteiger partial charge < -0.3 is 9.30 Å². The molecule has 2 aromatic heterocycles. The predicted octanol–water partition coefficient (Wildman–Crippen LogP) is 3.58. The lowest BCUT2D eigenvalue weighted by Crippen LogP contribution is -2.25. The number of thiophene rings is 1. The third kappa shape index (κ3) is 2.55. The maximum Gasteiger partial charge on any atom is 0.355 e. The lowest BCUT2D eigenvalue weighted by Gasteiger charge is -2.14. The van der Waals surface area contributed by atoms with Gasteiger partial charge in [-0.05, 0) is 36.1 Å². The molecule has 0 saturated carbocycles. The number of ether oxygens (including phenoxy) is 1. The van der Waals surface area contributed by atoms with Crippen LogP contribution in [0.2, 0.25) is 0 Å². The van der Waals surface area contributed by atoms with E-state index >= 15 is 0 Å². The van der Waals surface area contributed by atoms with E-state index in [9.17, 15) is 14.0 Å². The molecule has 0 N–H and O–H groups in total. The molecular formula is C17H14FNO3S. The number of aromatic nitrogens is 1. The van der Waals surface area contributed by atoms with Crippen LogP contribution in [0.4, 0.5) is 4.39 Å². The standard InChI is InChI=1S/C17H14FNO3S/c1-3-22-17(21)14-13(10-4-6-11(18)7-5-10)12-8-9-23-15(12)16(20)19(14)2/h4-9H,3H2,1-2H3. The number of esters is 1. The van der Waals surface area contributed by atoms with Crippen molar-refractivity contribution in [3.05, 3.63) is 57.6 Å². The number of hydrogen-bond acceptors (Lipinski definition) is 4. The highest BCUT2D eigenvalue weighted by atomic mass is 32.1. The molecule has 0 fully saturated rings. The Morgan fingerprint density at radius 2 is 1.96 bits per heavy atom. The molecule has 1 aromatic carbocycles. The van der Waals surface area contributed by atoms with E-state index in [4.69, 9.17) is 4.74 Å². The molecule has 0 spiro atoms. The van der Waals surface area contributed by atoms with Crippen molar-refractivity contribution in [2.75, 3.05) is 6.61 Å². The van der Waals surface area contributed by atoms with Gasteiger partial charge in [0.05, 0.1) is 6.61 Å². The first-order chi connectivity index (χ1) is 11.0. The topological polar surface area (TPSA) is 48.3 Å². The average Bonchev–Trinajstić information content (AvgIpc) is 3.01. The van der Waals surface area contributed by atoms with Gasteiger partial charge in [0, 0.05) is 18.0 Å². The molecule has 6 heteroatoms. The molecule has 0 radical (unpaired) electrons. The Labute approximate surface area is 135 Å². The molecule has 23 heavy (non-hydrogen) atoms. The Morgan fingerprint density at radius 1 is 1.26 bits per heavy atom. The van der Waals surface area contributed by atoms with Gasteiger partial charge >= 0.3 is 5.97 Å². The van der Waals surface area contributed by atoms with Crippen LogP contribution in [-0.4, -0.2) is 17.1 Å². The van der Waals surface area contributed by atoms with Crippen LogP contribution in [0, 0.1) is 5.82 Å². The summed E-state index contributed by atoms with van der Waals surface area (Å²) in [5.74, 6) is -0.933. The first-order valence-electron chi connectivity index (χ1n) is 7.07. The van der Waals surface area contributed by atoms with Gasteiger partial charge in [0.1, 0.15) is 16.2 Å². The average molecular weight is 331 g/mol. The molecule has 3 rings (SSSR count). The second-order valence-corrected chi connectivity index (χ2v) is 5.89. The van der Waals surface area contributed by atoms with E-state index in [2.05, 4.69) is 0 Å². The minimum atomic E-state index is -0.570. The molecule has 0 aliphatic carbocycles. The van der Waals surface area contributed by atoms with Crippen LogP contribution in [0.3, 0.4) is 0 Å². The summed E-state index contributed by atoms with van der Waals surface area (Å²) in [6.07, 6.45) is 0. The number of carbonyl (C=O) groups is 1. The van der Waals surface area contributed by atoms with Crippen LogP contribution < -0.4 is 5.56 Å². The second-order valence-electron chi connectivity index (χ2n) is 4.98. The zero-order valence-corrected chi connectivity index (χ0v) is 13.4. The maximum atomic E-state index is 13.2. The van der Waals surface area contributed by atoms with Crippen molar-refractivity contribution in [2.45, 2.75) is 6.92 Å². The van der Waals surface area contributed by atoms with Crippen LogP contribution >= 0.6 is 11.3 Å². The van der Waals surface area contributed by atoms with E-state index < -0.39 is 5.97 Å². The van der Waals surface area contributed by atoms with Gasteiger partial charge in [-0.2, -0.15) is 0 Å². The molecule has 0 saturated heterocycles. The first-order valence-corrected chi connectivity index (χ1v) is 7.95. The fraction of sp³-hybridized carbons (Fsp3) is 0.176. The molecule has 0 aliphatic rings. The van der Waals surface area contributed by atoms with E-state index in [-0.39, 0.29) is 23.7 Å². The Morgan fingerprint density at radius 3 is 2.61 bits per heavy atom. The van der Waals surface area contributed by atoms with E-state index in [0.717, 1.165) is 0 Å². The SMILES string of the molecule is CCOC(=O)c1c(-c2ccc(F)cc2)c2ccsc2c(=O)n1C. The molecule has 0 amide bonds. The van der Waals surface area contributed by atoms with Gasteiger partial charge in [-0.25, -0.2) is 9.18 Å². The van der Waals surface area contributed by atoms with Crippen molar-refractivity contribution in [1.29, 1.82) is 0 Å². The Hall–Kier alpha value is -2.47. The smallest absolute Gasteiger partial charge is 0.355 e. The quantitative estimate of drug-likeness (QED) is 0.689. The first kappa shape index (κ1) is 15.4. The number of carbonyl (C=O) groups excluding carboxylic acids is 1. The van der Waals surface area contributed by atoms with Crippen LogP contribution in [-0.2, 0) is 11.8 Å². The third-order valence-corrected chi connectivity index (χ3v) is 4.51. The highest BCUT2D eigenvalue weighted by Crippen LogP contribution is 2.33. The number of nitrogens with zero attached hydrogens (tertiary/aromatic N) is 1. The van der Waals surface area contributed by atoms with E-state index in [1.54, 1.807) is 37.6 Å². The highest BCUT2D eigenvalue weighted by molar-refractivity contribution is 7.17. The summed E-state index contributed by atoms with van der Waals surface area (Å²) in [5, 5.41) is 2.47. The maximum absolute atomic E-state index is 13.2. The lowest BCUT2D eigenvalue weighted by molar-refractivity contribution is 0.0515. The second kappa shape index (κ2) is 5.96. The zero-order chi connectivity index (χ0) is 16.6. The fourth-order valence-corrected chi connectivity index (χ4v) is 3.44. The Balaban J connectivity index is 2.41. The van der Waals surface area contributed by atoms with Crippen molar-refractivity contribution >= 4 is 27.4 Å². The number of benzene rings is 1. The van der Waals surface area contributed by atoms with Crippen molar-refractivity contribution < 1.29 is 13.9 Å². The summed E-state index contributed by atoms with van der Waals surface area (Å²) in [5.41, 5.74) is 1.17. The van der Waals surface area contributed by atoms with Gasteiger partial charge in [0.15, 0.2) is 0 Å². The van der Waals surface area contributed by atoms with E-state index in [0.29, 0.717) is 21.2 Å². The summed E-state index contributed by atoms with van der Waals surface area (Å²) >= 11 is 1.31. The minimum absolute atomic E-state index is 0.175. The molecule has 3 aromatic rings. The number of rotatable bonds is 3.